The van der Waals surface area contributed by atoms with E-state index >= 15 is 0 Å². The molecule has 0 unspecified atom stereocenters. The van der Waals surface area contributed by atoms with Gasteiger partial charge in [0.15, 0.2) is 0 Å². The zero-order valence-corrected chi connectivity index (χ0v) is 8.04. The zero-order valence-electron chi connectivity index (χ0n) is 8.04. The maximum absolute atomic E-state index is 5.55. The number of methoxy groups -OCH3 is 1. The smallest absolute Gasteiger partial charge is 0.122 e. The highest BCUT2D eigenvalue weighted by atomic mass is 16.5. The molecule has 0 amide bonds. The third-order valence-electron chi connectivity index (χ3n) is 2.46. The summed E-state index contributed by atoms with van der Waals surface area (Å²) in [5.41, 5.74) is 2.57. The summed E-state index contributed by atoms with van der Waals surface area (Å²) < 4.78 is 10.9. The van der Waals surface area contributed by atoms with Crippen molar-refractivity contribution in [2.45, 2.75) is 26.1 Å². The van der Waals surface area contributed by atoms with Crippen molar-refractivity contribution in [3.63, 3.8) is 0 Å². The van der Waals surface area contributed by atoms with Crippen LogP contribution in [-0.4, -0.2) is 13.2 Å². The fourth-order valence-corrected chi connectivity index (χ4v) is 1.75. The first-order valence-corrected chi connectivity index (χ1v) is 4.57. The predicted molar refractivity (Wildman–Crippen MR) is 50.9 cm³/mol. The van der Waals surface area contributed by atoms with E-state index in [1.54, 1.807) is 7.11 Å². The molecule has 2 rings (SSSR count). The fourth-order valence-electron chi connectivity index (χ4n) is 1.75. The van der Waals surface area contributed by atoms with Gasteiger partial charge in [-0.2, -0.15) is 0 Å². The van der Waals surface area contributed by atoms with Gasteiger partial charge in [0.1, 0.15) is 5.75 Å². The second-order valence-corrected chi connectivity index (χ2v) is 3.42. The summed E-state index contributed by atoms with van der Waals surface area (Å²) in [5, 5.41) is 0. The maximum atomic E-state index is 5.55. The normalized spacial score (nSPS) is 20.9. The van der Waals surface area contributed by atoms with Crippen molar-refractivity contribution in [1.29, 1.82) is 0 Å². The van der Waals surface area contributed by atoms with E-state index in [4.69, 9.17) is 9.47 Å². The second kappa shape index (κ2) is 3.38. The Balaban J connectivity index is 2.41. The van der Waals surface area contributed by atoms with Crippen LogP contribution in [0.4, 0.5) is 0 Å². The van der Waals surface area contributed by atoms with Crippen molar-refractivity contribution in [2.24, 2.45) is 0 Å². The standard InChI is InChI=1S/C11H14O2/c1-8-6-10-9(7-13-8)4-3-5-11(10)12-2/h3-5,8H,6-7H2,1-2H3/t8-/m1/s1. The number of ether oxygens (including phenoxy) is 2. The van der Waals surface area contributed by atoms with Crippen LogP contribution in [0.5, 0.6) is 5.75 Å². The molecule has 2 nitrogen and oxygen atoms in total. The summed E-state index contributed by atoms with van der Waals surface area (Å²) in [6.07, 6.45) is 1.27. The minimum absolute atomic E-state index is 0.309. The van der Waals surface area contributed by atoms with Crippen LogP contribution < -0.4 is 4.74 Å². The van der Waals surface area contributed by atoms with Crippen LogP contribution in [0.3, 0.4) is 0 Å². The average molecular weight is 178 g/mol. The molecule has 0 radical (unpaired) electrons. The van der Waals surface area contributed by atoms with Crippen LogP contribution in [0, 0.1) is 0 Å². The van der Waals surface area contributed by atoms with Crippen LogP contribution in [0.1, 0.15) is 18.1 Å². The van der Waals surface area contributed by atoms with Crippen LogP contribution in [0.25, 0.3) is 0 Å². The molecule has 0 fully saturated rings. The summed E-state index contributed by atoms with van der Waals surface area (Å²) in [7, 11) is 1.72. The molecule has 0 aromatic heterocycles. The molecule has 0 N–H and O–H groups in total. The topological polar surface area (TPSA) is 18.5 Å². The van der Waals surface area contributed by atoms with Crippen molar-refractivity contribution in [2.75, 3.05) is 7.11 Å². The summed E-state index contributed by atoms with van der Waals surface area (Å²) in [6.45, 7) is 2.81. The molecule has 70 valence electrons. The third-order valence-corrected chi connectivity index (χ3v) is 2.46. The lowest BCUT2D eigenvalue weighted by Gasteiger charge is -2.23. The van der Waals surface area contributed by atoms with Gasteiger partial charge < -0.3 is 9.47 Å². The highest BCUT2D eigenvalue weighted by Crippen LogP contribution is 2.28. The van der Waals surface area contributed by atoms with Crippen molar-refractivity contribution >= 4 is 0 Å². The van der Waals surface area contributed by atoms with E-state index < -0.39 is 0 Å². The molecule has 0 saturated carbocycles. The van der Waals surface area contributed by atoms with Gasteiger partial charge in [0.05, 0.1) is 19.8 Å². The number of hydrogen-bond donors (Lipinski definition) is 0. The van der Waals surface area contributed by atoms with Crippen molar-refractivity contribution in [3.05, 3.63) is 29.3 Å². The molecule has 0 bridgehead atoms. The van der Waals surface area contributed by atoms with Crippen molar-refractivity contribution in [3.8, 4) is 5.75 Å². The molecule has 2 heteroatoms. The zero-order chi connectivity index (χ0) is 9.26. The summed E-state index contributed by atoms with van der Waals surface area (Å²) in [4.78, 5) is 0. The quantitative estimate of drug-likeness (QED) is 0.656. The molecule has 0 aliphatic carbocycles. The summed E-state index contributed by atoms with van der Waals surface area (Å²) in [5.74, 6) is 0.993. The average Bonchev–Trinajstić information content (AvgIpc) is 2.17. The van der Waals surface area contributed by atoms with E-state index in [0.717, 1.165) is 12.2 Å². The monoisotopic (exact) mass is 178 g/mol. The third kappa shape index (κ3) is 1.54. The van der Waals surface area contributed by atoms with Crippen molar-refractivity contribution in [1.82, 2.24) is 0 Å². The first kappa shape index (κ1) is 8.57. The summed E-state index contributed by atoms with van der Waals surface area (Å²) >= 11 is 0. The van der Waals surface area contributed by atoms with Gasteiger partial charge >= 0.3 is 0 Å². The van der Waals surface area contributed by atoms with Crippen LogP contribution in [0.2, 0.25) is 0 Å². The Kier molecular flexibility index (Phi) is 2.23. The SMILES string of the molecule is COc1cccc2c1C[C@@H](C)OC2. The van der Waals surface area contributed by atoms with E-state index in [0.29, 0.717) is 12.7 Å². The van der Waals surface area contributed by atoms with E-state index in [1.807, 2.05) is 12.1 Å². The molecule has 1 aromatic carbocycles. The highest BCUT2D eigenvalue weighted by molar-refractivity contribution is 5.41. The van der Waals surface area contributed by atoms with E-state index in [-0.39, 0.29) is 0 Å². The molecule has 1 aliphatic heterocycles. The fraction of sp³-hybridized carbons (Fsp3) is 0.455. The Morgan fingerprint density at radius 1 is 1.46 bits per heavy atom. The van der Waals surface area contributed by atoms with Gasteiger partial charge in [-0.1, -0.05) is 12.1 Å². The second-order valence-electron chi connectivity index (χ2n) is 3.42. The first-order valence-electron chi connectivity index (χ1n) is 4.57. The number of fused-ring (bicyclic) bond motifs is 1. The van der Waals surface area contributed by atoms with Gasteiger partial charge in [0, 0.05) is 12.0 Å². The Morgan fingerprint density at radius 3 is 3.08 bits per heavy atom. The molecular formula is C11H14O2. The Bertz CT molecular complexity index is 293. The number of rotatable bonds is 1. The number of hydrogen-bond acceptors (Lipinski definition) is 2. The first-order chi connectivity index (χ1) is 6.31. The van der Waals surface area contributed by atoms with Gasteiger partial charge in [-0.15, -0.1) is 0 Å². The Hall–Kier alpha value is -1.02. The van der Waals surface area contributed by atoms with E-state index in [2.05, 4.69) is 13.0 Å². The van der Waals surface area contributed by atoms with Gasteiger partial charge in [0.25, 0.3) is 0 Å². The lowest BCUT2D eigenvalue weighted by atomic mass is 9.99. The van der Waals surface area contributed by atoms with Gasteiger partial charge in [0.2, 0.25) is 0 Å². The maximum Gasteiger partial charge on any atom is 0.122 e. The highest BCUT2D eigenvalue weighted by Gasteiger charge is 2.18. The van der Waals surface area contributed by atoms with Gasteiger partial charge in [-0.3, -0.25) is 0 Å². The lowest BCUT2D eigenvalue weighted by Crippen LogP contribution is -2.19. The van der Waals surface area contributed by atoms with Gasteiger partial charge in [-0.05, 0) is 18.6 Å². The Labute approximate surface area is 78.5 Å². The van der Waals surface area contributed by atoms with Gasteiger partial charge in [-0.25, -0.2) is 0 Å². The molecular weight excluding hydrogens is 164 g/mol. The van der Waals surface area contributed by atoms with E-state index in [1.165, 1.54) is 11.1 Å². The minimum Gasteiger partial charge on any atom is -0.496 e. The summed E-state index contributed by atoms with van der Waals surface area (Å²) in [6, 6.07) is 6.12. The largest absolute Gasteiger partial charge is 0.496 e. The molecule has 1 aromatic rings. The minimum atomic E-state index is 0.309. The molecule has 1 aliphatic rings. The Morgan fingerprint density at radius 2 is 2.31 bits per heavy atom. The molecule has 1 atom stereocenters. The van der Waals surface area contributed by atoms with E-state index in [9.17, 15) is 0 Å². The predicted octanol–water partition coefficient (Wildman–Crippen LogP) is 2.16. The molecule has 0 saturated heterocycles. The molecule has 0 spiro atoms. The van der Waals surface area contributed by atoms with Crippen LogP contribution >= 0.6 is 0 Å². The lowest BCUT2D eigenvalue weighted by molar-refractivity contribution is 0.0402. The number of benzene rings is 1. The van der Waals surface area contributed by atoms with Crippen LogP contribution in [-0.2, 0) is 17.8 Å². The molecule has 1 heterocycles. The van der Waals surface area contributed by atoms with Crippen LogP contribution in [0.15, 0.2) is 18.2 Å². The van der Waals surface area contributed by atoms with Crippen molar-refractivity contribution < 1.29 is 9.47 Å². The molecule has 13 heavy (non-hydrogen) atoms.